The topological polar surface area (TPSA) is 0 Å². The van der Waals surface area contributed by atoms with Crippen molar-refractivity contribution in [1.82, 2.24) is 0 Å². The first-order chi connectivity index (χ1) is 4.20. The minimum atomic E-state index is 0.818. The molecular formula is C9H16. The summed E-state index contributed by atoms with van der Waals surface area (Å²) in [6.07, 6.45) is 5.13. The Kier molecular flexibility index (Phi) is 1.94. The molecule has 2 atom stereocenters. The van der Waals surface area contributed by atoms with E-state index in [2.05, 4.69) is 26.8 Å². The number of hydrogen-bond acceptors (Lipinski definition) is 0. The molecule has 0 heteroatoms. The molecule has 0 aromatic carbocycles. The molecule has 0 radical (unpaired) electrons. The summed E-state index contributed by atoms with van der Waals surface area (Å²) in [4.78, 5) is 0. The summed E-state index contributed by atoms with van der Waals surface area (Å²) in [6, 6.07) is 0. The summed E-state index contributed by atoms with van der Waals surface area (Å²) >= 11 is 0. The van der Waals surface area contributed by atoms with E-state index in [-0.39, 0.29) is 0 Å². The first-order valence-electron chi connectivity index (χ1n) is 3.87. The second kappa shape index (κ2) is 2.55. The molecular weight excluding hydrogens is 108 g/mol. The van der Waals surface area contributed by atoms with Crippen LogP contribution in [0.4, 0.5) is 0 Å². The van der Waals surface area contributed by atoms with Crippen LogP contribution in [0, 0.1) is 11.8 Å². The van der Waals surface area contributed by atoms with Gasteiger partial charge in [-0.1, -0.05) is 25.5 Å². The Morgan fingerprint density at radius 2 is 2.11 bits per heavy atom. The van der Waals surface area contributed by atoms with Gasteiger partial charge in [0.25, 0.3) is 0 Å². The molecule has 0 nitrogen and oxygen atoms in total. The van der Waals surface area contributed by atoms with Crippen molar-refractivity contribution >= 4 is 0 Å². The summed E-state index contributed by atoms with van der Waals surface area (Å²) < 4.78 is 0. The van der Waals surface area contributed by atoms with Gasteiger partial charge in [-0.15, -0.1) is 0 Å². The summed E-state index contributed by atoms with van der Waals surface area (Å²) in [5.74, 6) is 1.73. The predicted molar refractivity (Wildman–Crippen MR) is 41.3 cm³/mol. The van der Waals surface area contributed by atoms with Crippen molar-refractivity contribution in [2.24, 2.45) is 11.8 Å². The molecule has 0 N–H and O–H groups in total. The molecule has 0 unspecified atom stereocenters. The molecule has 0 aromatic rings. The van der Waals surface area contributed by atoms with E-state index in [1.165, 1.54) is 12.8 Å². The summed E-state index contributed by atoms with van der Waals surface area (Å²) in [6.45, 7) is 6.89. The standard InChI is InChI=1S/C9H16/c1-7-4-5-8(2)9(3)6-7/h6,8-9H,4-5H2,1-3H3/t8-,9+/m0/s1. The highest BCUT2D eigenvalue weighted by Crippen LogP contribution is 2.27. The highest BCUT2D eigenvalue weighted by molar-refractivity contribution is 5.05. The van der Waals surface area contributed by atoms with Crippen molar-refractivity contribution in [2.75, 3.05) is 0 Å². The average Bonchev–Trinajstić information content (AvgIpc) is 1.80. The van der Waals surface area contributed by atoms with Crippen LogP contribution in [-0.4, -0.2) is 0 Å². The Labute approximate surface area is 58.0 Å². The van der Waals surface area contributed by atoms with Crippen molar-refractivity contribution in [2.45, 2.75) is 33.6 Å². The van der Waals surface area contributed by atoms with Gasteiger partial charge in [-0.05, 0) is 31.6 Å². The molecule has 1 rings (SSSR count). The first-order valence-corrected chi connectivity index (χ1v) is 3.87. The maximum atomic E-state index is 2.41. The van der Waals surface area contributed by atoms with E-state index in [0.717, 1.165) is 11.8 Å². The van der Waals surface area contributed by atoms with Gasteiger partial charge in [-0.2, -0.15) is 0 Å². The lowest BCUT2D eigenvalue weighted by molar-refractivity contribution is 0.404. The molecule has 0 bridgehead atoms. The van der Waals surface area contributed by atoms with Gasteiger partial charge in [0.15, 0.2) is 0 Å². The van der Waals surface area contributed by atoms with Crippen LogP contribution in [0.15, 0.2) is 11.6 Å². The van der Waals surface area contributed by atoms with E-state index < -0.39 is 0 Å². The van der Waals surface area contributed by atoms with Crippen LogP contribution in [0.1, 0.15) is 33.6 Å². The van der Waals surface area contributed by atoms with Crippen LogP contribution >= 0.6 is 0 Å². The molecule has 0 spiro atoms. The summed E-state index contributed by atoms with van der Waals surface area (Å²) in [7, 11) is 0. The molecule has 0 saturated heterocycles. The molecule has 1 aliphatic carbocycles. The lowest BCUT2D eigenvalue weighted by Crippen LogP contribution is -2.10. The van der Waals surface area contributed by atoms with Crippen LogP contribution in [0.3, 0.4) is 0 Å². The lowest BCUT2D eigenvalue weighted by Gasteiger charge is -2.22. The number of rotatable bonds is 0. The van der Waals surface area contributed by atoms with Crippen LogP contribution in [-0.2, 0) is 0 Å². The Bertz CT molecular complexity index is 122. The fourth-order valence-electron chi connectivity index (χ4n) is 1.41. The third kappa shape index (κ3) is 1.57. The summed E-state index contributed by atoms with van der Waals surface area (Å²) in [5.41, 5.74) is 1.58. The van der Waals surface area contributed by atoms with Gasteiger partial charge < -0.3 is 0 Å². The van der Waals surface area contributed by atoms with Gasteiger partial charge in [0.2, 0.25) is 0 Å². The third-order valence-electron chi connectivity index (χ3n) is 2.44. The van der Waals surface area contributed by atoms with Crippen LogP contribution < -0.4 is 0 Å². The smallest absolute Gasteiger partial charge is 0.0234 e. The van der Waals surface area contributed by atoms with Gasteiger partial charge in [0.05, 0.1) is 0 Å². The number of hydrogen-bond donors (Lipinski definition) is 0. The van der Waals surface area contributed by atoms with Crippen molar-refractivity contribution in [3.05, 3.63) is 11.6 Å². The van der Waals surface area contributed by atoms with E-state index >= 15 is 0 Å². The fraction of sp³-hybridized carbons (Fsp3) is 0.778. The second-order valence-corrected chi connectivity index (χ2v) is 3.39. The SMILES string of the molecule is CC1=C[C@@H](C)[C@@H](C)CC1. The molecule has 52 valence electrons. The Balaban J connectivity index is 2.58. The zero-order valence-corrected chi connectivity index (χ0v) is 6.65. The zero-order chi connectivity index (χ0) is 6.85. The molecule has 0 saturated carbocycles. The van der Waals surface area contributed by atoms with Gasteiger partial charge in [-0.3, -0.25) is 0 Å². The van der Waals surface area contributed by atoms with Gasteiger partial charge in [0, 0.05) is 0 Å². The molecule has 0 fully saturated rings. The average molecular weight is 124 g/mol. The Morgan fingerprint density at radius 3 is 2.56 bits per heavy atom. The van der Waals surface area contributed by atoms with Gasteiger partial charge >= 0.3 is 0 Å². The third-order valence-corrected chi connectivity index (χ3v) is 2.44. The van der Waals surface area contributed by atoms with E-state index in [1.807, 2.05) is 0 Å². The highest BCUT2D eigenvalue weighted by Gasteiger charge is 2.14. The predicted octanol–water partition coefficient (Wildman–Crippen LogP) is 3.00. The van der Waals surface area contributed by atoms with Gasteiger partial charge in [0.1, 0.15) is 0 Å². The normalized spacial score (nSPS) is 36.1. The minimum absolute atomic E-state index is 0.818. The zero-order valence-electron chi connectivity index (χ0n) is 6.65. The highest BCUT2D eigenvalue weighted by atomic mass is 14.2. The Hall–Kier alpha value is -0.260. The van der Waals surface area contributed by atoms with E-state index in [4.69, 9.17) is 0 Å². The van der Waals surface area contributed by atoms with Crippen molar-refractivity contribution in [3.8, 4) is 0 Å². The molecule has 1 aliphatic rings. The minimum Gasteiger partial charge on any atom is -0.0825 e. The maximum absolute atomic E-state index is 2.41. The van der Waals surface area contributed by atoms with Crippen LogP contribution in [0.5, 0.6) is 0 Å². The van der Waals surface area contributed by atoms with Crippen LogP contribution in [0.25, 0.3) is 0 Å². The van der Waals surface area contributed by atoms with Gasteiger partial charge in [-0.25, -0.2) is 0 Å². The monoisotopic (exact) mass is 124 g/mol. The fourth-order valence-corrected chi connectivity index (χ4v) is 1.41. The summed E-state index contributed by atoms with van der Waals surface area (Å²) in [5, 5.41) is 0. The molecule has 0 aliphatic heterocycles. The first kappa shape index (κ1) is 6.85. The quantitative estimate of drug-likeness (QED) is 0.435. The van der Waals surface area contributed by atoms with E-state index in [1.54, 1.807) is 5.57 Å². The van der Waals surface area contributed by atoms with Crippen molar-refractivity contribution in [1.29, 1.82) is 0 Å². The van der Waals surface area contributed by atoms with Crippen molar-refractivity contribution in [3.63, 3.8) is 0 Å². The number of allylic oxidation sites excluding steroid dienone is 2. The van der Waals surface area contributed by atoms with Crippen LogP contribution in [0.2, 0.25) is 0 Å². The van der Waals surface area contributed by atoms with Crippen molar-refractivity contribution < 1.29 is 0 Å². The molecule has 0 heterocycles. The lowest BCUT2D eigenvalue weighted by atomic mass is 9.84. The van der Waals surface area contributed by atoms with E-state index in [9.17, 15) is 0 Å². The second-order valence-electron chi connectivity index (χ2n) is 3.39. The molecule has 0 aromatic heterocycles. The largest absolute Gasteiger partial charge is 0.0825 e. The molecule has 9 heavy (non-hydrogen) atoms. The molecule has 0 amide bonds. The van der Waals surface area contributed by atoms with E-state index in [0.29, 0.717) is 0 Å². The Morgan fingerprint density at radius 1 is 1.44 bits per heavy atom. The maximum Gasteiger partial charge on any atom is -0.0234 e.